The molecule has 0 aliphatic heterocycles. The number of aliphatic hydroxyl groups is 1. The highest BCUT2D eigenvalue weighted by atomic mass is 16.4. The van der Waals surface area contributed by atoms with Crippen molar-refractivity contribution in [2.75, 3.05) is 0 Å². The summed E-state index contributed by atoms with van der Waals surface area (Å²) in [4.78, 5) is 25.5. The van der Waals surface area contributed by atoms with E-state index in [-0.39, 0.29) is 17.8 Å². The molecule has 5 nitrogen and oxygen atoms in total. The van der Waals surface area contributed by atoms with Gasteiger partial charge in [0.1, 0.15) is 5.76 Å². The minimum Gasteiger partial charge on any atom is -0.507 e. The molecule has 0 spiro atoms. The first-order chi connectivity index (χ1) is 9.09. The Labute approximate surface area is 108 Å². The quantitative estimate of drug-likeness (QED) is 0.718. The van der Waals surface area contributed by atoms with Gasteiger partial charge in [0.05, 0.1) is 0 Å². The number of para-hydroxylation sites is 1. The molecule has 0 radical (unpaired) electrons. The fraction of sp³-hybridized carbons (Fsp3) is 0.143. The van der Waals surface area contributed by atoms with Gasteiger partial charge in [-0.15, -0.1) is 0 Å². The van der Waals surface area contributed by atoms with Gasteiger partial charge in [-0.25, -0.2) is 4.79 Å². The number of benzene rings is 1. The van der Waals surface area contributed by atoms with Crippen LogP contribution >= 0.6 is 0 Å². The largest absolute Gasteiger partial charge is 0.507 e. The van der Waals surface area contributed by atoms with Gasteiger partial charge in [-0.3, -0.25) is 4.79 Å². The number of ketones is 1. The Kier molecular flexibility index (Phi) is 2.41. The summed E-state index contributed by atoms with van der Waals surface area (Å²) in [6, 6.07) is 7.40. The van der Waals surface area contributed by atoms with E-state index in [1.54, 1.807) is 0 Å². The number of aromatic nitrogens is 1. The third kappa shape index (κ3) is 1.62. The van der Waals surface area contributed by atoms with Crippen LogP contribution < -0.4 is 0 Å². The lowest BCUT2D eigenvalue weighted by molar-refractivity contribution is -0.147. The number of hydrogen-bond acceptors (Lipinski definition) is 3. The normalized spacial score (nSPS) is 14.5. The number of nitrogens with one attached hydrogen (secondary N) is 1. The molecule has 1 aromatic carbocycles. The predicted octanol–water partition coefficient (Wildman–Crippen LogP) is 2.04. The first-order valence-corrected chi connectivity index (χ1v) is 5.89. The van der Waals surface area contributed by atoms with E-state index >= 15 is 0 Å². The van der Waals surface area contributed by atoms with E-state index in [0.29, 0.717) is 12.0 Å². The first-order valence-electron chi connectivity index (χ1n) is 5.89. The van der Waals surface area contributed by atoms with Crippen molar-refractivity contribution < 1.29 is 19.8 Å². The van der Waals surface area contributed by atoms with Gasteiger partial charge in [0.2, 0.25) is 0 Å². The van der Waals surface area contributed by atoms with Gasteiger partial charge in [0.15, 0.2) is 0 Å². The molecule has 0 saturated carbocycles. The molecule has 96 valence electrons. The van der Waals surface area contributed by atoms with Crippen LogP contribution in [0.4, 0.5) is 0 Å². The molecule has 1 heterocycles. The topological polar surface area (TPSA) is 90.4 Å². The lowest BCUT2D eigenvalue weighted by atomic mass is 9.91. The van der Waals surface area contributed by atoms with Gasteiger partial charge in [0, 0.05) is 27.7 Å². The predicted molar refractivity (Wildman–Crippen MR) is 68.8 cm³/mol. The summed E-state index contributed by atoms with van der Waals surface area (Å²) in [6.45, 7) is 0. The van der Waals surface area contributed by atoms with E-state index in [4.69, 9.17) is 5.11 Å². The summed E-state index contributed by atoms with van der Waals surface area (Å²) in [7, 11) is 0. The van der Waals surface area contributed by atoms with Crippen molar-refractivity contribution in [1.82, 2.24) is 4.98 Å². The minimum absolute atomic E-state index is 0.0234. The highest BCUT2D eigenvalue weighted by Crippen LogP contribution is 2.35. The molecule has 1 aliphatic rings. The van der Waals surface area contributed by atoms with Crippen LogP contribution in [0.15, 0.2) is 29.8 Å². The lowest BCUT2D eigenvalue weighted by Crippen LogP contribution is -2.19. The molecular weight excluding hydrogens is 246 g/mol. The highest BCUT2D eigenvalue weighted by Gasteiger charge is 2.29. The Morgan fingerprint density at radius 3 is 2.63 bits per heavy atom. The lowest BCUT2D eigenvalue weighted by Gasteiger charge is -2.14. The van der Waals surface area contributed by atoms with Crippen molar-refractivity contribution in [3.63, 3.8) is 0 Å². The van der Waals surface area contributed by atoms with Crippen molar-refractivity contribution in [3.05, 3.63) is 41.1 Å². The van der Waals surface area contributed by atoms with Gasteiger partial charge in [-0.2, -0.15) is 0 Å². The summed E-state index contributed by atoms with van der Waals surface area (Å²) in [5, 5.41) is 19.8. The fourth-order valence-electron chi connectivity index (χ4n) is 2.53. The number of fused-ring (bicyclic) bond motifs is 3. The van der Waals surface area contributed by atoms with E-state index in [1.807, 2.05) is 24.3 Å². The molecular formula is C14H11NO4. The molecule has 0 unspecified atom stereocenters. The number of carbonyl (C=O) groups excluding carboxylic acids is 1. The second-order valence-electron chi connectivity index (χ2n) is 4.49. The summed E-state index contributed by atoms with van der Waals surface area (Å²) >= 11 is 0. The van der Waals surface area contributed by atoms with Crippen LogP contribution in [-0.2, 0) is 16.0 Å². The summed E-state index contributed by atoms with van der Waals surface area (Å²) in [5.74, 6) is -2.79. The molecule has 2 aromatic rings. The molecule has 0 bridgehead atoms. The number of aliphatic carboxylic acids is 1. The van der Waals surface area contributed by atoms with Gasteiger partial charge in [-0.1, -0.05) is 18.2 Å². The summed E-state index contributed by atoms with van der Waals surface area (Å²) in [6.07, 6.45) is 0.749. The van der Waals surface area contributed by atoms with Crippen LogP contribution in [0.2, 0.25) is 0 Å². The summed E-state index contributed by atoms with van der Waals surface area (Å²) in [5.41, 5.74) is 2.22. The van der Waals surface area contributed by atoms with Crippen LogP contribution in [0.3, 0.4) is 0 Å². The summed E-state index contributed by atoms with van der Waals surface area (Å²) < 4.78 is 0. The number of H-pyrrole nitrogens is 1. The number of carbonyl (C=O) groups is 2. The van der Waals surface area contributed by atoms with E-state index in [1.165, 1.54) is 0 Å². The van der Waals surface area contributed by atoms with Crippen LogP contribution in [0, 0.1) is 0 Å². The monoisotopic (exact) mass is 257 g/mol. The number of Topliss-reactive ketones (excluding diaryl/α,β-unsaturated/α-hetero) is 1. The van der Waals surface area contributed by atoms with Gasteiger partial charge in [-0.05, 0) is 18.9 Å². The minimum atomic E-state index is -1.54. The molecule has 0 fully saturated rings. The van der Waals surface area contributed by atoms with Crippen LogP contribution in [0.5, 0.6) is 0 Å². The molecule has 0 saturated heterocycles. The number of rotatable bonds is 2. The Bertz CT molecular complexity index is 739. The zero-order valence-electron chi connectivity index (χ0n) is 9.93. The second kappa shape index (κ2) is 3.98. The van der Waals surface area contributed by atoms with Gasteiger partial charge >= 0.3 is 5.97 Å². The smallest absolute Gasteiger partial charge is 0.377 e. The number of carboxylic acid groups (broad SMARTS) is 1. The first kappa shape index (κ1) is 11.5. The molecule has 5 heteroatoms. The average molecular weight is 257 g/mol. The van der Waals surface area contributed by atoms with Crippen molar-refractivity contribution in [2.45, 2.75) is 12.8 Å². The maximum Gasteiger partial charge on any atom is 0.377 e. The molecule has 3 rings (SSSR count). The average Bonchev–Trinajstić information content (AvgIpc) is 2.77. The maximum atomic E-state index is 11.5. The van der Waals surface area contributed by atoms with E-state index < -0.39 is 11.8 Å². The Morgan fingerprint density at radius 1 is 1.16 bits per heavy atom. The van der Waals surface area contributed by atoms with E-state index in [9.17, 15) is 14.7 Å². The fourth-order valence-corrected chi connectivity index (χ4v) is 2.53. The molecule has 0 amide bonds. The van der Waals surface area contributed by atoms with Crippen molar-refractivity contribution in [2.24, 2.45) is 0 Å². The standard InChI is InChI=1S/C14H11NO4/c16-12-8(13(17)14(18)19)5-6-10-11(12)7-3-1-2-4-9(7)15-10/h1-4,15-16H,5-6H2,(H,18,19). The number of aromatic amines is 1. The van der Waals surface area contributed by atoms with Crippen molar-refractivity contribution in [1.29, 1.82) is 0 Å². The van der Waals surface area contributed by atoms with Crippen LogP contribution in [0.1, 0.15) is 17.7 Å². The number of hydrogen-bond donors (Lipinski definition) is 3. The van der Waals surface area contributed by atoms with Crippen LogP contribution in [0.25, 0.3) is 16.7 Å². The highest BCUT2D eigenvalue weighted by molar-refractivity contribution is 6.41. The van der Waals surface area contributed by atoms with Gasteiger partial charge < -0.3 is 15.2 Å². The maximum absolute atomic E-state index is 11.5. The van der Waals surface area contributed by atoms with Gasteiger partial charge in [0.25, 0.3) is 5.78 Å². The van der Waals surface area contributed by atoms with E-state index in [0.717, 1.165) is 16.6 Å². The molecule has 1 aromatic heterocycles. The second-order valence-corrected chi connectivity index (χ2v) is 4.49. The zero-order chi connectivity index (χ0) is 13.6. The van der Waals surface area contributed by atoms with E-state index in [2.05, 4.69) is 4.98 Å². The molecule has 0 atom stereocenters. The Morgan fingerprint density at radius 2 is 1.89 bits per heavy atom. The molecule has 1 aliphatic carbocycles. The Balaban J connectivity index is 2.25. The van der Waals surface area contributed by atoms with Crippen molar-refractivity contribution in [3.8, 4) is 0 Å². The molecule has 3 N–H and O–H groups in total. The van der Waals surface area contributed by atoms with Crippen LogP contribution in [-0.4, -0.2) is 26.9 Å². The number of carboxylic acids is 1. The zero-order valence-corrected chi connectivity index (χ0v) is 9.93. The number of aliphatic hydroxyl groups excluding tert-OH is 1. The van der Waals surface area contributed by atoms with Crippen molar-refractivity contribution >= 4 is 28.4 Å². The molecule has 19 heavy (non-hydrogen) atoms. The third-order valence-corrected chi connectivity index (χ3v) is 3.40. The number of aryl methyl sites for hydroxylation is 1. The Hall–Kier alpha value is -2.56. The SMILES string of the molecule is O=C(O)C(=O)C1=C(O)c2c([nH]c3ccccc23)CC1. The third-order valence-electron chi connectivity index (χ3n) is 3.40.